The number of hydrogen-bond acceptors (Lipinski definition) is 9. The molecule has 1 atom stereocenters. The maximum Gasteiger partial charge on any atom is 0.277 e. The summed E-state index contributed by atoms with van der Waals surface area (Å²) in [5.41, 5.74) is 1.61. The van der Waals surface area contributed by atoms with Crippen LogP contribution < -0.4 is 9.47 Å². The van der Waals surface area contributed by atoms with Crippen LogP contribution in [0.25, 0.3) is 22.9 Å². The molecule has 0 spiro atoms. The van der Waals surface area contributed by atoms with Crippen LogP contribution in [0.2, 0.25) is 0 Å². The van der Waals surface area contributed by atoms with Crippen molar-refractivity contribution in [1.29, 1.82) is 0 Å². The first-order chi connectivity index (χ1) is 14.2. The molecule has 2 heterocycles. The molecule has 148 valence electrons. The van der Waals surface area contributed by atoms with Gasteiger partial charge in [0.05, 0.1) is 19.5 Å². The summed E-state index contributed by atoms with van der Waals surface area (Å²) in [6.07, 6.45) is 0. The molecule has 0 saturated heterocycles. The van der Waals surface area contributed by atoms with Crippen LogP contribution in [-0.2, 0) is 0 Å². The van der Waals surface area contributed by atoms with Gasteiger partial charge in [-0.2, -0.15) is 0 Å². The van der Waals surface area contributed by atoms with Crippen molar-refractivity contribution in [2.24, 2.45) is 0 Å². The predicted molar refractivity (Wildman–Crippen MR) is 107 cm³/mol. The number of aromatic nitrogens is 4. The van der Waals surface area contributed by atoms with Crippen LogP contribution in [-0.4, -0.2) is 34.6 Å². The van der Waals surface area contributed by atoms with Crippen molar-refractivity contribution in [3.8, 4) is 34.4 Å². The van der Waals surface area contributed by atoms with Gasteiger partial charge in [0, 0.05) is 11.1 Å². The van der Waals surface area contributed by atoms with Crippen LogP contribution in [0, 0.1) is 0 Å². The number of ether oxygens (including phenoxy) is 2. The third-order valence-corrected chi connectivity index (χ3v) is 5.05. The van der Waals surface area contributed by atoms with E-state index < -0.39 is 0 Å². The van der Waals surface area contributed by atoms with Crippen molar-refractivity contribution in [3.05, 3.63) is 54.4 Å². The SMILES string of the molecule is COc1ccc(-c2nnc(S[C@H](C)c3nnc(-c4ccccc4)o3)o2)cc1OC. The molecule has 2 aromatic heterocycles. The van der Waals surface area contributed by atoms with E-state index in [4.69, 9.17) is 18.3 Å². The van der Waals surface area contributed by atoms with E-state index in [1.807, 2.05) is 43.3 Å². The minimum Gasteiger partial charge on any atom is -0.493 e. The highest BCUT2D eigenvalue weighted by atomic mass is 32.2. The van der Waals surface area contributed by atoms with E-state index in [1.54, 1.807) is 26.4 Å². The highest BCUT2D eigenvalue weighted by Crippen LogP contribution is 2.37. The summed E-state index contributed by atoms with van der Waals surface area (Å²) in [5, 5.41) is 16.7. The van der Waals surface area contributed by atoms with E-state index in [0.717, 1.165) is 11.1 Å². The fourth-order valence-corrected chi connectivity index (χ4v) is 3.35. The number of nitrogens with zero attached hydrogens (tertiary/aromatic N) is 4. The van der Waals surface area contributed by atoms with Gasteiger partial charge in [-0.15, -0.1) is 20.4 Å². The number of rotatable bonds is 7. The molecule has 0 bridgehead atoms. The molecule has 0 N–H and O–H groups in total. The number of methoxy groups -OCH3 is 2. The average molecular weight is 410 g/mol. The Balaban J connectivity index is 1.49. The molecular weight excluding hydrogens is 392 g/mol. The zero-order chi connectivity index (χ0) is 20.2. The molecule has 0 unspecified atom stereocenters. The van der Waals surface area contributed by atoms with Gasteiger partial charge in [0.15, 0.2) is 11.5 Å². The Bertz CT molecular complexity index is 1100. The Kier molecular flexibility index (Phi) is 5.48. The van der Waals surface area contributed by atoms with Crippen molar-refractivity contribution in [1.82, 2.24) is 20.4 Å². The molecule has 0 saturated carbocycles. The van der Waals surface area contributed by atoms with Crippen LogP contribution in [0.5, 0.6) is 11.5 Å². The lowest BCUT2D eigenvalue weighted by Crippen LogP contribution is -1.90. The topological polar surface area (TPSA) is 96.3 Å². The van der Waals surface area contributed by atoms with E-state index in [-0.39, 0.29) is 5.25 Å². The molecule has 0 aliphatic carbocycles. The fraction of sp³-hybridized carbons (Fsp3) is 0.200. The Morgan fingerprint density at radius 2 is 1.52 bits per heavy atom. The Morgan fingerprint density at radius 1 is 0.793 bits per heavy atom. The average Bonchev–Trinajstić information content (AvgIpc) is 3.44. The van der Waals surface area contributed by atoms with Gasteiger partial charge < -0.3 is 18.3 Å². The summed E-state index contributed by atoms with van der Waals surface area (Å²) >= 11 is 1.35. The molecule has 0 radical (unpaired) electrons. The van der Waals surface area contributed by atoms with Crippen molar-refractivity contribution in [3.63, 3.8) is 0 Å². The van der Waals surface area contributed by atoms with Crippen molar-refractivity contribution in [2.75, 3.05) is 14.2 Å². The summed E-state index contributed by atoms with van der Waals surface area (Å²) in [5.74, 6) is 2.56. The van der Waals surface area contributed by atoms with Crippen molar-refractivity contribution in [2.45, 2.75) is 17.4 Å². The summed E-state index contributed by atoms with van der Waals surface area (Å²) in [6, 6.07) is 15.0. The zero-order valence-electron chi connectivity index (χ0n) is 16.0. The van der Waals surface area contributed by atoms with Crippen molar-refractivity contribution < 1.29 is 18.3 Å². The summed E-state index contributed by atoms with van der Waals surface area (Å²) in [6.45, 7) is 1.94. The van der Waals surface area contributed by atoms with Crippen LogP contribution in [0.3, 0.4) is 0 Å². The standard InChI is InChI=1S/C20H18N4O4S/c1-12(17-21-22-18(27-17)13-7-5-4-6-8-13)29-20-24-23-19(28-20)14-9-10-15(25-2)16(11-14)26-3/h4-12H,1-3H3/t12-/m1/s1. The molecule has 8 nitrogen and oxygen atoms in total. The first kappa shape index (κ1) is 19.0. The smallest absolute Gasteiger partial charge is 0.277 e. The van der Waals surface area contributed by atoms with Gasteiger partial charge >= 0.3 is 0 Å². The maximum absolute atomic E-state index is 5.79. The minimum absolute atomic E-state index is 0.154. The molecule has 0 aliphatic rings. The highest BCUT2D eigenvalue weighted by molar-refractivity contribution is 7.99. The second-order valence-corrected chi connectivity index (χ2v) is 7.31. The molecule has 29 heavy (non-hydrogen) atoms. The number of thioether (sulfide) groups is 1. The van der Waals surface area contributed by atoms with Gasteiger partial charge in [-0.05, 0) is 37.3 Å². The monoisotopic (exact) mass is 410 g/mol. The largest absolute Gasteiger partial charge is 0.493 e. The molecule has 0 aliphatic heterocycles. The van der Waals surface area contributed by atoms with Gasteiger partial charge in [-0.3, -0.25) is 0 Å². The van der Waals surface area contributed by atoms with Crippen LogP contribution in [0.15, 0.2) is 62.6 Å². The van der Waals surface area contributed by atoms with E-state index in [0.29, 0.717) is 34.4 Å². The van der Waals surface area contributed by atoms with E-state index >= 15 is 0 Å². The van der Waals surface area contributed by atoms with Crippen LogP contribution >= 0.6 is 11.8 Å². The van der Waals surface area contributed by atoms with Crippen LogP contribution in [0.4, 0.5) is 0 Å². The van der Waals surface area contributed by atoms with Gasteiger partial charge in [0.1, 0.15) is 0 Å². The van der Waals surface area contributed by atoms with E-state index in [1.165, 1.54) is 11.8 Å². The summed E-state index contributed by atoms with van der Waals surface area (Å²) < 4.78 is 22.1. The summed E-state index contributed by atoms with van der Waals surface area (Å²) in [7, 11) is 3.16. The summed E-state index contributed by atoms with van der Waals surface area (Å²) in [4.78, 5) is 0. The molecular formula is C20H18N4O4S. The van der Waals surface area contributed by atoms with E-state index in [2.05, 4.69) is 20.4 Å². The van der Waals surface area contributed by atoms with Gasteiger partial charge in [-0.1, -0.05) is 30.0 Å². The molecule has 9 heteroatoms. The molecule has 0 fully saturated rings. The third-order valence-electron chi connectivity index (χ3n) is 4.12. The van der Waals surface area contributed by atoms with Gasteiger partial charge in [0.25, 0.3) is 5.22 Å². The molecule has 4 aromatic rings. The molecule has 4 rings (SSSR count). The Labute approximate surface area is 171 Å². The van der Waals surface area contributed by atoms with Crippen molar-refractivity contribution >= 4 is 11.8 Å². The van der Waals surface area contributed by atoms with Gasteiger partial charge in [-0.25, -0.2) is 0 Å². The first-order valence-electron chi connectivity index (χ1n) is 8.79. The predicted octanol–water partition coefficient (Wildman–Crippen LogP) is 4.66. The second-order valence-electron chi connectivity index (χ2n) is 6.01. The second kappa shape index (κ2) is 8.36. The quantitative estimate of drug-likeness (QED) is 0.403. The number of benzene rings is 2. The molecule has 0 amide bonds. The Morgan fingerprint density at radius 3 is 2.28 bits per heavy atom. The Hall–Kier alpha value is -3.33. The zero-order valence-corrected chi connectivity index (χ0v) is 16.8. The first-order valence-corrected chi connectivity index (χ1v) is 9.67. The lowest BCUT2D eigenvalue weighted by atomic mass is 10.2. The van der Waals surface area contributed by atoms with E-state index in [9.17, 15) is 0 Å². The normalized spacial score (nSPS) is 12.0. The minimum atomic E-state index is -0.154. The number of hydrogen-bond donors (Lipinski definition) is 0. The maximum atomic E-state index is 5.79. The lowest BCUT2D eigenvalue weighted by Gasteiger charge is -2.07. The van der Waals surface area contributed by atoms with Crippen LogP contribution in [0.1, 0.15) is 18.1 Å². The lowest BCUT2D eigenvalue weighted by molar-refractivity contribution is 0.355. The highest BCUT2D eigenvalue weighted by Gasteiger charge is 2.20. The fourth-order valence-electron chi connectivity index (χ4n) is 2.64. The third kappa shape index (κ3) is 4.09. The van der Waals surface area contributed by atoms with Gasteiger partial charge in [0.2, 0.25) is 17.7 Å². The molecule has 2 aromatic carbocycles.